The highest BCUT2D eigenvalue weighted by Crippen LogP contribution is 2.15. The zero-order chi connectivity index (χ0) is 15.4. The first-order chi connectivity index (χ1) is 9.99. The summed E-state index contributed by atoms with van der Waals surface area (Å²) in [5.41, 5.74) is 0.942. The van der Waals surface area contributed by atoms with Crippen LogP contribution in [0, 0.1) is 5.92 Å². The lowest BCUT2D eigenvalue weighted by atomic mass is 10.1. The normalized spacial score (nSPS) is 12.4. The minimum absolute atomic E-state index is 0.0300. The van der Waals surface area contributed by atoms with Gasteiger partial charge in [-0.2, -0.15) is 5.10 Å². The van der Waals surface area contributed by atoms with E-state index in [1.165, 1.54) is 0 Å². The van der Waals surface area contributed by atoms with Crippen molar-refractivity contribution in [1.82, 2.24) is 15.5 Å². The van der Waals surface area contributed by atoms with Gasteiger partial charge in [0.1, 0.15) is 0 Å². The topological polar surface area (TPSA) is 84.1 Å². The van der Waals surface area contributed by atoms with Crippen molar-refractivity contribution < 1.29 is 14.3 Å². The molecule has 1 aromatic carbocycles. The largest absolute Gasteiger partial charge is 0.451 e. The molecule has 112 valence electrons. The number of carbonyl (C=O) groups is 2. The number of esters is 1. The van der Waals surface area contributed by atoms with Crippen molar-refractivity contribution in [3.05, 3.63) is 30.0 Å². The first-order valence-electron chi connectivity index (χ1n) is 6.88. The fraction of sp³-hybridized carbons (Fsp3) is 0.400. The van der Waals surface area contributed by atoms with Crippen LogP contribution in [0.15, 0.2) is 24.3 Å². The van der Waals surface area contributed by atoms with Crippen LogP contribution in [-0.4, -0.2) is 34.7 Å². The second-order valence-electron chi connectivity index (χ2n) is 5.29. The molecule has 0 saturated carbocycles. The van der Waals surface area contributed by atoms with Gasteiger partial charge in [0, 0.05) is 11.4 Å². The second kappa shape index (κ2) is 6.39. The van der Waals surface area contributed by atoms with E-state index in [1.807, 2.05) is 39.0 Å². The molecule has 1 heterocycles. The summed E-state index contributed by atoms with van der Waals surface area (Å²) in [6, 6.07) is 7.27. The molecule has 1 atom stereocenters. The number of nitrogens with one attached hydrogen (secondary N) is 2. The van der Waals surface area contributed by atoms with E-state index in [0.29, 0.717) is 11.3 Å². The molecule has 0 saturated heterocycles. The SMILES string of the molecule is CC(C)C(C)NC(=O)COC(=O)c1n[nH]c2ccccc12. The molecular weight excluding hydrogens is 270 g/mol. The first-order valence-corrected chi connectivity index (χ1v) is 6.88. The van der Waals surface area contributed by atoms with Crippen molar-refractivity contribution in [2.45, 2.75) is 26.8 Å². The Bertz CT molecular complexity index is 648. The number of aromatic amines is 1. The van der Waals surface area contributed by atoms with Crippen LogP contribution in [0.25, 0.3) is 10.9 Å². The maximum absolute atomic E-state index is 12.0. The summed E-state index contributed by atoms with van der Waals surface area (Å²) in [4.78, 5) is 23.6. The van der Waals surface area contributed by atoms with E-state index in [9.17, 15) is 9.59 Å². The Kier molecular flexibility index (Phi) is 4.57. The van der Waals surface area contributed by atoms with Crippen LogP contribution in [0.4, 0.5) is 0 Å². The fourth-order valence-electron chi connectivity index (χ4n) is 1.78. The molecule has 21 heavy (non-hydrogen) atoms. The molecule has 1 amide bonds. The molecule has 0 bridgehead atoms. The predicted octanol–water partition coefficient (Wildman–Crippen LogP) is 1.88. The summed E-state index contributed by atoms with van der Waals surface area (Å²) in [5.74, 6) is -0.607. The smallest absolute Gasteiger partial charge is 0.359 e. The molecule has 1 unspecified atom stereocenters. The minimum Gasteiger partial charge on any atom is -0.451 e. The lowest BCUT2D eigenvalue weighted by molar-refractivity contribution is -0.125. The maximum atomic E-state index is 12.0. The third-order valence-electron chi connectivity index (χ3n) is 3.39. The Morgan fingerprint density at radius 1 is 1.29 bits per heavy atom. The van der Waals surface area contributed by atoms with Crippen LogP contribution < -0.4 is 5.32 Å². The molecule has 0 fully saturated rings. The summed E-state index contributed by atoms with van der Waals surface area (Å²) in [6.45, 7) is 5.61. The molecule has 0 aliphatic rings. The third kappa shape index (κ3) is 3.59. The number of aromatic nitrogens is 2. The number of rotatable bonds is 5. The van der Waals surface area contributed by atoms with Gasteiger partial charge < -0.3 is 10.1 Å². The monoisotopic (exact) mass is 289 g/mol. The van der Waals surface area contributed by atoms with Gasteiger partial charge in [0.05, 0.1) is 5.52 Å². The molecule has 0 aliphatic heterocycles. The van der Waals surface area contributed by atoms with Crippen LogP contribution >= 0.6 is 0 Å². The van der Waals surface area contributed by atoms with Crippen molar-refractivity contribution in [3.63, 3.8) is 0 Å². The second-order valence-corrected chi connectivity index (χ2v) is 5.29. The van der Waals surface area contributed by atoms with Crippen LogP contribution in [0.1, 0.15) is 31.3 Å². The van der Waals surface area contributed by atoms with Gasteiger partial charge in [-0.05, 0) is 18.9 Å². The number of fused-ring (bicyclic) bond motifs is 1. The standard InChI is InChI=1S/C15H19N3O3/c1-9(2)10(3)16-13(19)8-21-15(20)14-11-6-4-5-7-12(11)17-18-14/h4-7,9-10H,8H2,1-3H3,(H,16,19)(H,17,18). The summed E-state index contributed by atoms with van der Waals surface area (Å²) in [5, 5.41) is 10.1. The molecule has 0 aliphatic carbocycles. The molecule has 2 rings (SSSR count). The Balaban J connectivity index is 1.95. The van der Waals surface area contributed by atoms with E-state index in [1.54, 1.807) is 6.07 Å². The van der Waals surface area contributed by atoms with E-state index in [4.69, 9.17) is 4.74 Å². The highest BCUT2D eigenvalue weighted by molar-refractivity contribution is 6.02. The van der Waals surface area contributed by atoms with Crippen molar-refractivity contribution >= 4 is 22.8 Å². The molecule has 1 aromatic heterocycles. The summed E-state index contributed by atoms with van der Waals surface area (Å²) < 4.78 is 5.00. The minimum atomic E-state index is -0.611. The number of amides is 1. The number of ether oxygens (including phenoxy) is 1. The highest BCUT2D eigenvalue weighted by atomic mass is 16.5. The number of para-hydroxylation sites is 1. The molecule has 6 nitrogen and oxygen atoms in total. The van der Waals surface area contributed by atoms with Crippen molar-refractivity contribution in [1.29, 1.82) is 0 Å². The summed E-state index contributed by atoms with van der Waals surface area (Å²) in [7, 11) is 0. The van der Waals surface area contributed by atoms with Gasteiger partial charge in [-0.1, -0.05) is 32.0 Å². The van der Waals surface area contributed by atoms with E-state index in [2.05, 4.69) is 15.5 Å². The maximum Gasteiger partial charge on any atom is 0.359 e. The molecular formula is C15H19N3O3. The Morgan fingerprint density at radius 2 is 2.00 bits per heavy atom. The van der Waals surface area contributed by atoms with Crippen molar-refractivity contribution in [3.8, 4) is 0 Å². The Hall–Kier alpha value is -2.37. The van der Waals surface area contributed by atoms with Gasteiger partial charge >= 0.3 is 5.97 Å². The van der Waals surface area contributed by atoms with Gasteiger partial charge in [-0.25, -0.2) is 4.79 Å². The zero-order valence-corrected chi connectivity index (χ0v) is 12.3. The van der Waals surface area contributed by atoms with Crippen LogP contribution in [0.2, 0.25) is 0 Å². The van der Waals surface area contributed by atoms with Gasteiger partial charge in [-0.3, -0.25) is 9.89 Å². The molecule has 2 aromatic rings. The van der Waals surface area contributed by atoms with E-state index in [-0.39, 0.29) is 24.2 Å². The average molecular weight is 289 g/mol. The number of hydrogen-bond acceptors (Lipinski definition) is 4. The van der Waals surface area contributed by atoms with Gasteiger partial charge in [0.2, 0.25) is 0 Å². The lowest BCUT2D eigenvalue weighted by Crippen LogP contribution is -2.38. The average Bonchev–Trinajstić information content (AvgIpc) is 2.88. The quantitative estimate of drug-likeness (QED) is 0.823. The first kappa shape index (κ1) is 15.0. The molecule has 0 spiro atoms. The zero-order valence-electron chi connectivity index (χ0n) is 12.3. The Labute approximate surface area is 122 Å². The highest BCUT2D eigenvalue weighted by Gasteiger charge is 2.17. The van der Waals surface area contributed by atoms with Gasteiger partial charge in [0.15, 0.2) is 12.3 Å². The van der Waals surface area contributed by atoms with E-state index >= 15 is 0 Å². The molecule has 0 radical (unpaired) electrons. The van der Waals surface area contributed by atoms with Crippen molar-refractivity contribution in [2.75, 3.05) is 6.61 Å². The lowest BCUT2D eigenvalue weighted by Gasteiger charge is -2.17. The predicted molar refractivity (Wildman–Crippen MR) is 78.8 cm³/mol. The van der Waals surface area contributed by atoms with E-state index < -0.39 is 5.97 Å². The summed E-state index contributed by atoms with van der Waals surface area (Å²) in [6.07, 6.45) is 0. The number of nitrogens with zero attached hydrogens (tertiary/aromatic N) is 1. The van der Waals surface area contributed by atoms with Gasteiger partial charge in [-0.15, -0.1) is 0 Å². The Morgan fingerprint density at radius 3 is 2.71 bits per heavy atom. The number of hydrogen-bond donors (Lipinski definition) is 2. The molecule has 6 heteroatoms. The number of H-pyrrole nitrogens is 1. The fourth-order valence-corrected chi connectivity index (χ4v) is 1.78. The van der Waals surface area contributed by atoms with Crippen molar-refractivity contribution in [2.24, 2.45) is 5.92 Å². The van der Waals surface area contributed by atoms with E-state index in [0.717, 1.165) is 5.52 Å². The van der Waals surface area contributed by atoms with Crippen LogP contribution in [0.5, 0.6) is 0 Å². The molecule has 2 N–H and O–H groups in total. The number of benzene rings is 1. The number of carbonyl (C=O) groups excluding carboxylic acids is 2. The summed E-state index contributed by atoms with van der Waals surface area (Å²) >= 11 is 0. The third-order valence-corrected chi connectivity index (χ3v) is 3.39. The van der Waals surface area contributed by atoms with Gasteiger partial charge in [0.25, 0.3) is 5.91 Å². The van der Waals surface area contributed by atoms with Crippen LogP contribution in [0.3, 0.4) is 0 Å². The van der Waals surface area contributed by atoms with Crippen LogP contribution in [-0.2, 0) is 9.53 Å².